The molecular weight excluding hydrogens is 279 g/mol. The van der Waals surface area contributed by atoms with Crippen molar-refractivity contribution in [1.29, 1.82) is 0 Å². The van der Waals surface area contributed by atoms with Crippen LogP contribution in [0.15, 0.2) is 18.2 Å². The first-order chi connectivity index (χ1) is 8.13. The van der Waals surface area contributed by atoms with Crippen molar-refractivity contribution >= 4 is 52.6 Å². The average molecular weight is 289 g/mol. The molecule has 0 spiro atoms. The van der Waals surface area contributed by atoms with Crippen LogP contribution >= 0.6 is 35.8 Å². The fourth-order valence-corrected chi connectivity index (χ4v) is 2.12. The molecule has 1 aromatic carbocycles. The van der Waals surface area contributed by atoms with Crippen LogP contribution in [0.4, 0.5) is 0 Å². The minimum atomic E-state index is -0.239. The Morgan fingerprint density at radius 3 is 2.88 bits per heavy atom. The Morgan fingerprint density at radius 2 is 2.18 bits per heavy atom. The van der Waals surface area contributed by atoms with Gasteiger partial charge < -0.3 is 10.3 Å². The van der Waals surface area contributed by atoms with Gasteiger partial charge in [-0.1, -0.05) is 23.2 Å². The molecule has 0 aliphatic carbocycles. The number of fused-ring (bicyclic) bond motifs is 1. The van der Waals surface area contributed by atoms with E-state index in [0.717, 1.165) is 10.9 Å². The van der Waals surface area contributed by atoms with Crippen LogP contribution in [0.1, 0.15) is 10.5 Å². The summed E-state index contributed by atoms with van der Waals surface area (Å²) in [6.45, 7) is 0.494. The smallest absolute Gasteiger partial charge is 0.269 e. The molecule has 0 aliphatic heterocycles. The lowest BCUT2D eigenvalue weighted by molar-refractivity contribution is 0.0952. The first-order valence-electron chi connectivity index (χ1n) is 4.99. The molecule has 0 aliphatic rings. The number of H-pyrrole nitrogens is 1. The zero-order valence-electron chi connectivity index (χ0n) is 8.76. The molecule has 0 saturated carbocycles. The van der Waals surface area contributed by atoms with Crippen molar-refractivity contribution in [2.45, 2.75) is 0 Å². The Balaban J connectivity index is 2.42. The van der Waals surface area contributed by atoms with Crippen LogP contribution in [0.5, 0.6) is 0 Å². The second-order valence-electron chi connectivity index (χ2n) is 3.48. The van der Waals surface area contributed by atoms with E-state index in [4.69, 9.17) is 23.2 Å². The summed E-state index contributed by atoms with van der Waals surface area (Å²) < 4.78 is 0. The number of rotatable bonds is 3. The van der Waals surface area contributed by atoms with Gasteiger partial charge in [0.1, 0.15) is 5.69 Å². The summed E-state index contributed by atoms with van der Waals surface area (Å²) in [5.41, 5.74) is 1.14. The standard InChI is InChI=1S/C11H10Cl2N2OS/c12-6-1-2-8-7(5-6)9(13)10(15-8)11(16)14-3-4-17/h1-2,5,15,17H,3-4H2,(H,14,16). The normalized spacial score (nSPS) is 10.8. The van der Waals surface area contributed by atoms with Crippen molar-refractivity contribution < 1.29 is 4.79 Å². The van der Waals surface area contributed by atoms with Gasteiger partial charge in [-0.25, -0.2) is 0 Å². The van der Waals surface area contributed by atoms with E-state index in [2.05, 4.69) is 22.9 Å². The quantitative estimate of drug-likeness (QED) is 0.747. The summed E-state index contributed by atoms with van der Waals surface area (Å²) in [5.74, 6) is 0.339. The molecule has 1 heterocycles. The predicted molar refractivity (Wildman–Crippen MR) is 74.5 cm³/mol. The second-order valence-corrected chi connectivity index (χ2v) is 4.75. The minimum Gasteiger partial charge on any atom is -0.350 e. The van der Waals surface area contributed by atoms with Crippen LogP contribution in [-0.2, 0) is 0 Å². The van der Waals surface area contributed by atoms with Gasteiger partial charge in [0.2, 0.25) is 0 Å². The topological polar surface area (TPSA) is 44.9 Å². The number of carbonyl (C=O) groups excluding carboxylic acids is 1. The molecule has 90 valence electrons. The van der Waals surface area contributed by atoms with Crippen molar-refractivity contribution in [1.82, 2.24) is 10.3 Å². The molecule has 0 unspecified atom stereocenters. The van der Waals surface area contributed by atoms with E-state index in [9.17, 15) is 4.79 Å². The van der Waals surface area contributed by atoms with Crippen LogP contribution in [0.2, 0.25) is 10.0 Å². The van der Waals surface area contributed by atoms with Gasteiger partial charge in [-0.15, -0.1) is 0 Å². The number of hydrogen-bond acceptors (Lipinski definition) is 2. The number of aromatic amines is 1. The maximum Gasteiger partial charge on any atom is 0.269 e. The molecule has 0 fully saturated rings. The van der Waals surface area contributed by atoms with Crippen molar-refractivity contribution in [2.24, 2.45) is 0 Å². The lowest BCUT2D eigenvalue weighted by Gasteiger charge is -2.00. The Morgan fingerprint density at radius 1 is 1.41 bits per heavy atom. The highest BCUT2D eigenvalue weighted by atomic mass is 35.5. The molecule has 2 aromatic rings. The first-order valence-corrected chi connectivity index (χ1v) is 6.38. The van der Waals surface area contributed by atoms with Gasteiger partial charge in [0.05, 0.1) is 5.02 Å². The summed E-state index contributed by atoms with van der Waals surface area (Å²) in [4.78, 5) is 14.8. The van der Waals surface area contributed by atoms with Gasteiger partial charge in [0.15, 0.2) is 0 Å². The second kappa shape index (κ2) is 5.21. The number of halogens is 2. The summed E-state index contributed by atoms with van der Waals surface area (Å²) in [5, 5.41) is 4.42. The summed E-state index contributed by atoms with van der Waals surface area (Å²) >= 11 is 16.0. The molecule has 0 saturated heterocycles. The monoisotopic (exact) mass is 288 g/mol. The van der Waals surface area contributed by atoms with E-state index in [1.165, 1.54) is 0 Å². The van der Waals surface area contributed by atoms with Crippen molar-refractivity contribution in [2.75, 3.05) is 12.3 Å². The predicted octanol–water partition coefficient (Wildman–Crippen LogP) is 3.13. The fourth-order valence-electron chi connectivity index (χ4n) is 1.55. The molecule has 1 aromatic heterocycles. The van der Waals surface area contributed by atoms with E-state index in [1.54, 1.807) is 18.2 Å². The summed E-state index contributed by atoms with van der Waals surface area (Å²) in [6, 6.07) is 5.26. The van der Waals surface area contributed by atoms with Crippen molar-refractivity contribution in [3.05, 3.63) is 33.9 Å². The Bertz CT molecular complexity index is 568. The fraction of sp³-hybridized carbons (Fsp3) is 0.182. The largest absolute Gasteiger partial charge is 0.350 e. The lowest BCUT2D eigenvalue weighted by Crippen LogP contribution is -2.25. The number of benzene rings is 1. The molecular formula is C11H10Cl2N2OS. The third-order valence-electron chi connectivity index (χ3n) is 2.32. The zero-order valence-corrected chi connectivity index (χ0v) is 11.2. The molecule has 0 atom stereocenters. The van der Waals surface area contributed by atoms with Gasteiger partial charge >= 0.3 is 0 Å². The highest BCUT2D eigenvalue weighted by Crippen LogP contribution is 2.29. The van der Waals surface area contributed by atoms with E-state index in [0.29, 0.717) is 28.0 Å². The Labute approximate surface area is 114 Å². The van der Waals surface area contributed by atoms with Crippen LogP contribution in [0.3, 0.4) is 0 Å². The Kier molecular flexibility index (Phi) is 3.86. The number of nitrogens with one attached hydrogen (secondary N) is 2. The van der Waals surface area contributed by atoms with Crippen molar-refractivity contribution in [3.8, 4) is 0 Å². The average Bonchev–Trinajstić information content (AvgIpc) is 2.64. The van der Waals surface area contributed by atoms with Gasteiger partial charge in [-0.3, -0.25) is 4.79 Å². The summed E-state index contributed by atoms with van der Waals surface area (Å²) in [7, 11) is 0. The van der Waals surface area contributed by atoms with Gasteiger partial charge in [0, 0.05) is 28.2 Å². The van der Waals surface area contributed by atoms with Gasteiger partial charge in [-0.05, 0) is 18.2 Å². The molecule has 2 rings (SSSR count). The number of thiol groups is 1. The highest BCUT2D eigenvalue weighted by molar-refractivity contribution is 7.80. The molecule has 2 N–H and O–H groups in total. The lowest BCUT2D eigenvalue weighted by atomic mass is 10.2. The number of hydrogen-bond donors (Lipinski definition) is 3. The van der Waals surface area contributed by atoms with Crippen LogP contribution in [-0.4, -0.2) is 23.2 Å². The zero-order chi connectivity index (χ0) is 12.4. The third kappa shape index (κ3) is 2.54. The van der Waals surface area contributed by atoms with E-state index >= 15 is 0 Å². The van der Waals surface area contributed by atoms with E-state index in [1.807, 2.05) is 0 Å². The maximum absolute atomic E-state index is 11.8. The number of amides is 1. The van der Waals surface area contributed by atoms with E-state index in [-0.39, 0.29) is 5.91 Å². The van der Waals surface area contributed by atoms with Crippen LogP contribution in [0.25, 0.3) is 10.9 Å². The maximum atomic E-state index is 11.8. The van der Waals surface area contributed by atoms with Crippen molar-refractivity contribution in [3.63, 3.8) is 0 Å². The SMILES string of the molecule is O=C(NCCS)c1[nH]c2ccc(Cl)cc2c1Cl. The van der Waals surface area contributed by atoms with E-state index < -0.39 is 0 Å². The number of carbonyl (C=O) groups is 1. The molecule has 1 amide bonds. The highest BCUT2D eigenvalue weighted by Gasteiger charge is 2.15. The minimum absolute atomic E-state index is 0.239. The third-order valence-corrected chi connectivity index (χ3v) is 3.17. The first kappa shape index (κ1) is 12.6. The van der Waals surface area contributed by atoms with Crippen LogP contribution < -0.4 is 5.32 Å². The molecule has 3 nitrogen and oxygen atoms in total. The van der Waals surface area contributed by atoms with Crippen LogP contribution in [0, 0.1) is 0 Å². The number of aromatic nitrogens is 1. The molecule has 0 radical (unpaired) electrons. The Hall–Kier alpha value is -0.840. The molecule has 17 heavy (non-hydrogen) atoms. The molecule has 0 bridgehead atoms. The summed E-state index contributed by atoms with van der Waals surface area (Å²) in [6.07, 6.45) is 0. The van der Waals surface area contributed by atoms with Gasteiger partial charge in [-0.2, -0.15) is 12.6 Å². The molecule has 6 heteroatoms. The van der Waals surface area contributed by atoms with Gasteiger partial charge in [0.25, 0.3) is 5.91 Å².